The molecular formula is C12H17BrN2O2. The van der Waals surface area contributed by atoms with Gasteiger partial charge in [0.25, 0.3) is 0 Å². The molecule has 0 saturated heterocycles. The van der Waals surface area contributed by atoms with Crippen molar-refractivity contribution in [2.75, 3.05) is 7.11 Å². The Labute approximate surface area is 109 Å². The summed E-state index contributed by atoms with van der Waals surface area (Å²) in [6.07, 6.45) is 3.34. The van der Waals surface area contributed by atoms with E-state index in [0.717, 1.165) is 29.8 Å². The van der Waals surface area contributed by atoms with Gasteiger partial charge in [-0.3, -0.25) is 4.79 Å². The van der Waals surface area contributed by atoms with E-state index in [2.05, 4.69) is 25.5 Å². The average molecular weight is 301 g/mol. The Morgan fingerprint density at radius 3 is 2.82 bits per heavy atom. The van der Waals surface area contributed by atoms with Crippen LogP contribution in [-0.2, 0) is 27.9 Å². The van der Waals surface area contributed by atoms with Gasteiger partial charge in [0, 0.05) is 6.54 Å². The molecule has 0 atom stereocenters. The monoisotopic (exact) mass is 300 g/mol. The highest BCUT2D eigenvalue weighted by molar-refractivity contribution is 9.10. The largest absolute Gasteiger partial charge is 0.468 e. The first-order valence-corrected chi connectivity index (χ1v) is 6.61. The van der Waals surface area contributed by atoms with Crippen molar-refractivity contribution >= 4 is 21.9 Å². The molecule has 0 aromatic carbocycles. The molecule has 94 valence electrons. The number of carbonyl (C=O) groups excluding carboxylic acids is 1. The molecule has 1 aromatic rings. The molecular weight excluding hydrogens is 284 g/mol. The van der Waals surface area contributed by atoms with Crippen molar-refractivity contribution in [2.45, 2.75) is 45.1 Å². The van der Waals surface area contributed by atoms with E-state index in [9.17, 15) is 4.79 Å². The maximum Gasteiger partial charge on any atom is 0.318 e. The van der Waals surface area contributed by atoms with Crippen LogP contribution in [0.2, 0.25) is 0 Å². The molecule has 4 nitrogen and oxygen atoms in total. The van der Waals surface area contributed by atoms with Crippen molar-refractivity contribution in [3.63, 3.8) is 0 Å². The Morgan fingerprint density at radius 2 is 2.18 bits per heavy atom. The van der Waals surface area contributed by atoms with E-state index in [1.54, 1.807) is 0 Å². The maximum absolute atomic E-state index is 11.8. The van der Waals surface area contributed by atoms with E-state index in [4.69, 9.17) is 4.74 Å². The molecule has 1 aliphatic rings. The molecule has 1 aliphatic heterocycles. The molecule has 0 fully saturated rings. The molecule has 5 heteroatoms. The van der Waals surface area contributed by atoms with Crippen molar-refractivity contribution in [2.24, 2.45) is 0 Å². The highest BCUT2D eigenvalue weighted by atomic mass is 79.9. The molecule has 0 aliphatic carbocycles. The van der Waals surface area contributed by atoms with Crippen molar-refractivity contribution in [1.82, 2.24) is 9.55 Å². The SMILES string of the molecule is COC(=O)C(C)(C)c1nc(Br)c2n1CCCC2. The van der Waals surface area contributed by atoms with Crippen LogP contribution in [0.5, 0.6) is 0 Å². The van der Waals surface area contributed by atoms with Crippen LogP contribution >= 0.6 is 15.9 Å². The van der Waals surface area contributed by atoms with Crippen LogP contribution in [0.25, 0.3) is 0 Å². The number of methoxy groups -OCH3 is 1. The lowest BCUT2D eigenvalue weighted by Crippen LogP contribution is -2.34. The van der Waals surface area contributed by atoms with Gasteiger partial charge in [0.05, 0.1) is 12.8 Å². The van der Waals surface area contributed by atoms with E-state index in [1.165, 1.54) is 19.2 Å². The van der Waals surface area contributed by atoms with E-state index in [-0.39, 0.29) is 5.97 Å². The van der Waals surface area contributed by atoms with Gasteiger partial charge in [-0.15, -0.1) is 0 Å². The van der Waals surface area contributed by atoms with Crippen LogP contribution in [-0.4, -0.2) is 22.6 Å². The van der Waals surface area contributed by atoms with Crippen molar-refractivity contribution in [3.05, 3.63) is 16.1 Å². The summed E-state index contributed by atoms with van der Waals surface area (Å²) in [6.45, 7) is 4.65. The Morgan fingerprint density at radius 1 is 1.47 bits per heavy atom. The second-order valence-corrected chi connectivity index (χ2v) is 5.65. The number of hydrogen-bond acceptors (Lipinski definition) is 3. The fourth-order valence-corrected chi connectivity index (χ4v) is 2.90. The van der Waals surface area contributed by atoms with Crippen molar-refractivity contribution in [3.8, 4) is 0 Å². The highest BCUT2D eigenvalue weighted by Crippen LogP contribution is 2.31. The number of carbonyl (C=O) groups is 1. The van der Waals surface area contributed by atoms with Crippen LogP contribution in [0.15, 0.2) is 4.60 Å². The fourth-order valence-electron chi connectivity index (χ4n) is 2.32. The van der Waals surface area contributed by atoms with Crippen molar-refractivity contribution < 1.29 is 9.53 Å². The number of imidazole rings is 1. The first-order chi connectivity index (χ1) is 7.98. The van der Waals surface area contributed by atoms with Crippen LogP contribution in [0.4, 0.5) is 0 Å². The lowest BCUT2D eigenvalue weighted by atomic mass is 9.92. The number of hydrogen-bond donors (Lipinski definition) is 0. The van der Waals surface area contributed by atoms with Crippen LogP contribution < -0.4 is 0 Å². The van der Waals surface area contributed by atoms with E-state index >= 15 is 0 Å². The quantitative estimate of drug-likeness (QED) is 0.788. The molecule has 17 heavy (non-hydrogen) atoms. The number of nitrogens with zero attached hydrogens (tertiary/aromatic N) is 2. The standard InChI is InChI=1S/C12H17BrN2O2/c1-12(2,11(16)17-3)10-14-9(13)8-6-4-5-7-15(8)10/h4-7H2,1-3H3. The van der Waals surface area contributed by atoms with Gasteiger partial charge in [-0.05, 0) is 49.0 Å². The predicted molar refractivity (Wildman–Crippen MR) is 67.9 cm³/mol. The van der Waals surface area contributed by atoms with Gasteiger partial charge in [-0.25, -0.2) is 4.98 Å². The first kappa shape index (κ1) is 12.6. The molecule has 0 amide bonds. The third kappa shape index (κ3) is 2.01. The second-order valence-electron chi connectivity index (χ2n) is 4.90. The Hall–Kier alpha value is -0.840. The minimum absolute atomic E-state index is 0.247. The van der Waals surface area contributed by atoms with Gasteiger partial charge in [-0.1, -0.05) is 0 Å². The van der Waals surface area contributed by atoms with Crippen LogP contribution in [0.1, 0.15) is 38.2 Å². The lowest BCUT2D eigenvalue weighted by Gasteiger charge is -2.24. The minimum atomic E-state index is -0.702. The second kappa shape index (κ2) is 4.44. The van der Waals surface area contributed by atoms with Gasteiger partial charge in [0.15, 0.2) is 0 Å². The Kier molecular flexibility index (Phi) is 3.30. The number of fused-ring (bicyclic) bond motifs is 1. The minimum Gasteiger partial charge on any atom is -0.468 e. The molecule has 0 spiro atoms. The van der Waals surface area contributed by atoms with Gasteiger partial charge >= 0.3 is 5.97 Å². The summed E-state index contributed by atoms with van der Waals surface area (Å²) in [5, 5.41) is 0. The van der Waals surface area contributed by atoms with Gasteiger partial charge in [0.1, 0.15) is 15.8 Å². The van der Waals surface area contributed by atoms with E-state index in [1.807, 2.05) is 13.8 Å². The Balaban J connectivity index is 2.49. The molecule has 1 aromatic heterocycles. The molecule has 0 unspecified atom stereocenters. The third-order valence-corrected chi connectivity index (χ3v) is 3.96. The number of esters is 1. The maximum atomic E-state index is 11.8. The van der Waals surface area contributed by atoms with Gasteiger partial charge in [0.2, 0.25) is 0 Å². The summed E-state index contributed by atoms with van der Waals surface area (Å²) in [6, 6.07) is 0. The van der Waals surface area contributed by atoms with Gasteiger partial charge in [-0.2, -0.15) is 0 Å². The zero-order chi connectivity index (χ0) is 12.6. The summed E-state index contributed by atoms with van der Waals surface area (Å²) in [7, 11) is 1.42. The van der Waals surface area contributed by atoms with Crippen molar-refractivity contribution in [1.29, 1.82) is 0 Å². The molecule has 0 radical (unpaired) electrons. The predicted octanol–water partition coefficient (Wildman–Crippen LogP) is 2.43. The molecule has 0 bridgehead atoms. The summed E-state index contributed by atoms with van der Waals surface area (Å²) < 4.78 is 7.88. The topological polar surface area (TPSA) is 44.1 Å². The number of rotatable bonds is 2. The third-order valence-electron chi connectivity index (χ3n) is 3.32. The fraction of sp³-hybridized carbons (Fsp3) is 0.667. The number of aromatic nitrogens is 2. The Bertz CT molecular complexity index is 452. The summed E-state index contributed by atoms with van der Waals surface area (Å²) >= 11 is 3.48. The summed E-state index contributed by atoms with van der Waals surface area (Å²) in [5.74, 6) is 0.550. The first-order valence-electron chi connectivity index (χ1n) is 5.82. The molecule has 0 N–H and O–H groups in total. The number of ether oxygens (including phenoxy) is 1. The molecule has 2 heterocycles. The van der Waals surface area contributed by atoms with Gasteiger partial charge < -0.3 is 9.30 Å². The van der Waals surface area contributed by atoms with Crippen LogP contribution in [0.3, 0.4) is 0 Å². The zero-order valence-corrected chi connectivity index (χ0v) is 12.0. The molecule has 2 rings (SSSR count). The smallest absolute Gasteiger partial charge is 0.318 e. The zero-order valence-electron chi connectivity index (χ0n) is 10.4. The lowest BCUT2D eigenvalue weighted by molar-refractivity contribution is -0.146. The van der Waals surface area contributed by atoms with E-state index in [0.29, 0.717) is 0 Å². The summed E-state index contributed by atoms with van der Waals surface area (Å²) in [4.78, 5) is 16.3. The summed E-state index contributed by atoms with van der Waals surface area (Å²) in [5.41, 5.74) is 0.496. The van der Waals surface area contributed by atoms with E-state index < -0.39 is 5.41 Å². The highest BCUT2D eigenvalue weighted by Gasteiger charge is 2.37. The normalized spacial score (nSPS) is 15.5. The average Bonchev–Trinajstić information content (AvgIpc) is 2.67. The van der Waals surface area contributed by atoms with Crippen LogP contribution in [0, 0.1) is 0 Å². The molecule has 0 saturated carbocycles. The number of halogens is 1.